The van der Waals surface area contributed by atoms with Crippen LogP contribution in [0.25, 0.3) is 0 Å². The minimum Gasteiger partial charge on any atom is -0.465 e. The van der Waals surface area contributed by atoms with Crippen LogP contribution in [0, 0.1) is 0 Å². The van der Waals surface area contributed by atoms with Gasteiger partial charge in [0.1, 0.15) is 11.5 Å². The molecule has 1 fully saturated rings. The van der Waals surface area contributed by atoms with Crippen molar-refractivity contribution < 1.29 is 4.42 Å². The van der Waals surface area contributed by atoms with Gasteiger partial charge in [-0.05, 0) is 37.1 Å². The first kappa shape index (κ1) is 14.4. The highest BCUT2D eigenvalue weighted by atomic mass is 16.3. The third kappa shape index (κ3) is 3.55. The van der Waals surface area contributed by atoms with Gasteiger partial charge in [-0.1, -0.05) is 37.3 Å². The Labute approximate surface area is 126 Å². The van der Waals surface area contributed by atoms with Gasteiger partial charge < -0.3 is 15.1 Å². The largest absolute Gasteiger partial charge is 0.465 e. The second-order valence-corrected chi connectivity index (χ2v) is 5.69. The molecule has 3 heteroatoms. The van der Waals surface area contributed by atoms with Gasteiger partial charge in [0.2, 0.25) is 0 Å². The summed E-state index contributed by atoms with van der Waals surface area (Å²) in [4.78, 5) is 0. The van der Waals surface area contributed by atoms with Crippen LogP contribution in [-0.4, -0.2) is 12.6 Å². The zero-order chi connectivity index (χ0) is 14.5. The first-order valence-corrected chi connectivity index (χ1v) is 7.96. The van der Waals surface area contributed by atoms with Crippen molar-refractivity contribution in [2.75, 3.05) is 6.54 Å². The fourth-order valence-corrected chi connectivity index (χ4v) is 3.06. The molecule has 2 atom stereocenters. The summed E-state index contributed by atoms with van der Waals surface area (Å²) in [6.45, 7) is 4.01. The average molecular weight is 284 g/mol. The Hall–Kier alpha value is -1.58. The van der Waals surface area contributed by atoms with E-state index in [4.69, 9.17) is 4.42 Å². The van der Waals surface area contributed by atoms with Crippen LogP contribution in [-0.2, 0) is 13.0 Å². The van der Waals surface area contributed by atoms with E-state index in [0.717, 1.165) is 31.0 Å². The topological polar surface area (TPSA) is 37.2 Å². The molecule has 1 saturated heterocycles. The molecule has 2 aromatic rings. The predicted octanol–water partition coefficient (Wildman–Crippen LogP) is 3.42. The molecule has 0 amide bonds. The lowest BCUT2D eigenvalue weighted by Crippen LogP contribution is -2.45. The van der Waals surface area contributed by atoms with Gasteiger partial charge in [0, 0.05) is 18.5 Å². The zero-order valence-electron chi connectivity index (χ0n) is 12.6. The maximum absolute atomic E-state index is 5.78. The van der Waals surface area contributed by atoms with Gasteiger partial charge in [-0.2, -0.15) is 0 Å². The summed E-state index contributed by atoms with van der Waals surface area (Å²) in [5, 5.41) is 7.31. The van der Waals surface area contributed by atoms with Gasteiger partial charge in [0.25, 0.3) is 0 Å². The number of piperidine rings is 1. The highest BCUT2D eigenvalue weighted by Crippen LogP contribution is 2.24. The Morgan fingerprint density at radius 3 is 2.71 bits per heavy atom. The molecule has 0 bridgehead atoms. The molecule has 1 aliphatic heterocycles. The summed E-state index contributed by atoms with van der Waals surface area (Å²) in [7, 11) is 0. The Morgan fingerprint density at radius 2 is 1.95 bits per heavy atom. The Kier molecular flexibility index (Phi) is 4.73. The maximum atomic E-state index is 5.78. The predicted molar refractivity (Wildman–Crippen MR) is 85.1 cm³/mol. The molecule has 3 nitrogen and oxygen atoms in total. The summed E-state index contributed by atoms with van der Waals surface area (Å²) >= 11 is 0. The molecule has 0 aliphatic carbocycles. The van der Waals surface area contributed by atoms with Crippen LogP contribution in [0.2, 0.25) is 0 Å². The third-order valence-electron chi connectivity index (χ3n) is 4.22. The molecule has 1 aromatic carbocycles. The quantitative estimate of drug-likeness (QED) is 0.883. The fraction of sp³-hybridized carbons (Fsp3) is 0.444. The number of rotatable bonds is 5. The van der Waals surface area contributed by atoms with Gasteiger partial charge >= 0.3 is 0 Å². The van der Waals surface area contributed by atoms with Crippen LogP contribution < -0.4 is 10.6 Å². The van der Waals surface area contributed by atoms with Crippen molar-refractivity contribution in [3.05, 3.63) is 59.5 Å². The smallest absolute Gasteiger partial charge is 0.117 e. The molecule has 2 unspecified atom stereocenters. The van der Waals surface area contributed by atoms with Gasteiger partial charge in [-0.3, -0.25) is 0 Å². The standard InChI is InChI=1S/C18H24N2O/c1-2-15-10-11-16(21-15)13-20-17-9-6-12-19-18(17)14-7-4-3-5-8-14/h3-5,7-8,10-11,17-20H,2,6,9,12-13H2,1H3. The van der Waals surface area contributed by atoms with E-state index >= 15 is 0 Å². The molecule has 3 rings (SSSR count). The second-order valence-electron chi connectivity index (χ2n) is 5.69. The molecule has 112 valence electrons. The average Bonchev–Trinajstić information content (AvgIpc) is 3.02. The van der Waals surface area contributed by atoms with Crippen LogP contribution >= 0.6 is 0 Å². The van der Waals surface area contributed by atoms with E-state index in [1.807, 2.05) is 0 Å². The highest BCUT2D eigenvalue weighted by molar-refractivity contribution is 5.21. The van der Waals surface area contributed by atoms with E-state index in [-0.39, 0.29) is 0 Å². The van der Waals surface area contributed by atoms with E-state index in [0.29, 0.717) is 12.1 Å². The SMILES string of the molecule is CCc1ccc(CNC2CCCNC2c2ccccc2)o1. The first-order valence-electron chi connectivity index (χ1n) is 7.96. The van der Waals surface area contributed by atoms with Crippen LogP contribution in [0.3, 0.4) is 0 Å². The molecule has 0 radical (unpaired) electrons. The Morgan fingerprint density at radius 1 is 1.14 bits per heavy atom. The minimum absolute atomic E-state index is 0.389. The van der Waals surface area contributed by atoms with E-state index in [9.17, 15) is 0 Å². The van der Waals surface area contributed by atoms with Crippen molar-refractivity contribution in [1.29, 1.82) is 0 Å². The summed E-state index contributed by atoms with van der Waals surface area (Å²) in [6, 6.07) is 15.7. The summed E-state index contributed by atoms with van der Waals surface area (Å²) in [5.41, 5.74) is 1.36. The lowest BCUT2D eigenvalue weighted by molar-refractivity contribution is 0.295. The van der Waals surface area contributed by atoms with Crippen LogP contribution in [0.15, 0.2) is 46.9 Å². The highest BCUT2D eigenvalue weighted by Gasteiger charge is 2.25. The van der Waals surface area contributed by atoms with Gasteiger partial charge in [-0.15, -0.1) is 0 Å². The summed E-state index contributed by atoms with van der Waals surface area (Å²) in [5.74, 6) is 2.09. The number of aryl methyl sites for hydroxylation is 1. The monoisotopic (exact) mass is 284 g/mol. The first-order chi connectivity index (χ1) is 10.4. The molecule has 1 aromatic heterocycles. The molecule has 1 aliphatic rings. The molecule has 21 heavy (non-hydrogen) atoms. The van der Waals surface area contributed by atoms with E-state index in [2.05, 4.69) is 60.0 Å². The van der Waals surface area contributed by atoms with E-state index < -0.39 is 0 Å². The number of nitrogens with one attached hydrogen (secondary N) is 2. The van der Waals surface area contributed by atoms with Crippen molar-refractivity contribution in [3.8, 4) is 0 Å². The normalized spacial score (nSPS) is 22.3. The summed E-state index contributed by atoms with van der Waals surface area (Å²) in [6.07, 6.45) is 3.38. The number of hydrogen-bond acceptors (Lipinski definition) is 3. The van der Waals surface area contributed by atoms with Crippen molar-refractivity contribution in [1.82, 2.24) is 10.6 Å². The molecule has 0 saturated carbocycles. The molecule has 2 heterocycles. The summed E-state index contributed by atoms with van der Waals surface area (Å²) < 4.78 is 5.78. The van der Waals surface area contributed by atoms with Crippen LogP contribution in [0.5, 0.6) is 0 Å². The van der Waals surface area contributed by atoms with Gasteiger partial charge in [0.05, 0.1) is 6.54 Å². The molecular formula is C18H24N2O. The number of furan rings is 1. The maximum Gasteiger partial charge on any atom is 0.117 e. The number of hydrogen-bond donors (Lipinski definition) is 2. The third-order valence-corrected chi connectivity index (χ3v) is 4.22. The lowest BCUT2D eigenvalue weighted by atomic mass is 9.92. The van der Waals surface area contributed by atoms with Crippen LogP contribution in [0.1, 0.15) is 42.9 Å². The Bertz CT molecular complexity index is 549. The Balaban J connectivity index is 1.64. The van der Waals surface area contributed by atoms with Crippen molar-refractivity contribution in [2.45, 2.75) is 44.8 Å². The van der Waals surface area contributed by atoms with Gasteiger partial charge in [-0.25, -0.2) is 0 Å². The molecular weight excluding hydrogens is 260 g/mol. The zero-order valence-corrected chi connectivity index (χ0v) is 12.6. The number of benzene rings is 1. The molecule has 0 spiro atoms. The molecule has 2 N–H and O–H groups in total. The van der Waals surface area contributed by atoms with Gasteiger partial charge in [0.15, 0.2) is 0 Å². The second kappa shape index (κ2) is 6.92. The van der Waals surface area contributed by atoms with E-state index in [1.54, 1.807) is 0 Å². The van der Waals surface area contributed by atoms with Crippen molar-refractivity contribution in [2.24, 2.45) is 0 Å². The van der Waals surface area contributed by atoms with Crippen LogP contribution in [0.4, 0.5) is 0 Å². The van der Waals surface area contributed by atoms with E-state index in [1.165, 1.54) is 18.4 Å². The fourth-order valence-electron chi connectivity index (χ4n) is 3.06. The lowest BCUT2D eigenvalue weighted by Gasteiger charge is -2.33. The van der Waals surface area contributed by atoms with Crippen molar-refractivity contribution in [3.63, 3.8) is 0 Å². The van der Waals surface area contributed by atoms with Crippen molar-refractivity contribution >= 4 is 0 Å². The minimum atomic E-state index is 0.389.